The van der Waals surface area contributed by atoms with Gasteiger partial charge in [-0.3, -0.25) is 14.3 Å². The first-order valence-corrected chi connectivity index (χ1v) is 5.03. The molecule has 0 amide bonds. The average molecular weight is 225 g/mol. The van der Waals surface area contributed by atoms with Gasteiger partial charge in [0.15, 0.2) is 4.77 Å². The number of hydrogen-bond donors (Lipinski definition) is 2. The van der Waals surface area contributed by atoms with E-state index in [4.69, 9.17) is 12.2 Å². The van der Waals surface area contributed by atoms with Gasteiger partial charge in [-0.1, -0.05) is 0 Å². The Hall–Kier alpha value is -1.63. The maximum atomic E-state index is 11.2. The van der Waals surface area contributed by atoms with Crippen LogP contribution in [0.25, 0.3) is 0 Å². The Morgan fingerprint density at radius 1 is 1.40 bits per heavy atom. The zero-order valence-corrected chi connectivity index (χ0v) is 8.83. The van der Waals surface area contributed by atoms with Gasteiger partial charge in [0.05, 0.1) is 0 Å². The second-order valence-corrected chi connectivity index (χ2v) is 3.52. The van der Waals surface area contributed by atoms with E-state index in [-0.39, 0.29) is 5.69 Å². The molecule has 2 aromatic heterocycles. The van der Waals surface area contributed by atoms with Gasteiger partial charge >= 0.3 is 5.69 Å². The third kappa shape index (κ3) is 2.24. The molecule has 0 spiro atoms. The molecule has 0 unspecified atom stereocenters. The van der Waals surface area contributed by atoms with E-state index in [0.717, 1.165) is 13.0 Å². The van der Waals surface area contributed by atoms with Crippen LogP contribution < -0.4 is 5.69 Å². The minimum Gasteiger partial charge on any atom is -0.273 e. The van der Waals surface area contributed by atoms with E-state index in [1.165, 1.54) is 4.57 Å². The Morgan fingerprint density at radius 2 is 2.27 bits per heavy atom. The number of H-pyrrole nitrogens is 2. The summed E-state index contributed by atoms with van der Waals surface area (Å²) in [6.07, 6.45) is 4.44. The zero-order chi connectivity index (χ0) is 10.7. The SMILES string of the molecule is O=c1[nH][nH]c(=S)n1CCCn1cccn1. The van der Waals surface area contributed by atoms with Crippen LogP contribution in [-0.4, -0.2) is 24.5 Å². The van der Waals surface area contributed by atoms with Crippen LogP contribution in [-0.2, 0) is 13.1 Å². The average Bonchev–Trinajstić information content (AvgIpc) is 2.82. The topological polar surface area (TPSA) is 71.4 Å². The van der Waals surface area contributed by atoms with E-state index in [0.29, 0.717) is 11.3 Å². The number of nitrogens with zero attached hydrogens (tertiary/aromatic N) is 3. The molecule has 80 valence electrons. The maximum Gasteiger partial charge on any atom is 0.342 e. The molecule has 0 radical (unpaired) electrons. The quantitative estimate of drug-likeness (QED) is 0.745. The van der Waals surface area contributed by atoms with E-state index in [2.05, 4.69) is 15.3 Å². The van der Waals surface area contributed by atoms with E-state index >= 15 is 0 Å². The van der Waals surface area contributed by atoms with Gasteiger partial charge in [0.2, 0.25) is 0 Å². The normalized spacial score (nSPS) is 10.7. The summed E-state index contributed by atoms with van der Waals surface area (Å²) in [7, 11) is 0. The molecule has 0 atom stereocenters. The fourth-order valence-corrected chi connectivity index (χ4v) is 1.59. The van der Waals surface area contributed by atoms with Crippen molar-refractivity contribution in [3.05, 3.63) is 33.7 Å². The predicted octanol–water partition coefficient (Wildman–Crippen LogP) is 0.521. The van der Waals surface area contributed by atoms with Crippen LogP contribution in [0.1, 0.15) is 6.42 Å². The van der Waals surface area contributed by atoms with E-state index in [1.807, 2.05) is 16.9 Å². The minimum atomic E-state index is -0.194. The monoisotopic (exact) mass is 225 g/mol. The fraction of sp³-hybridized carbons (Fsp3) is 0.375. The Kier molecular flexibility index (Phi) is 2.82. The Labute approximate surface area is 90.5 Å². The largest absolute Gasteiger partial charge is 0.342 e. The lowest BCUT2D eigenvalue weighted by Gasteiger charge is -2.01. The summed E-state index contributed by atoms with van der Waals surface area (Å²) in [6.45, 7) is 1.37. The van der Waals surface area contributed by atoms with Crippen molar-refractivity contribution in [1.29, 1.82) is 0 Å². The van der Waals surface area contributed by atoms with Crippen molar-refractivity contribution >= 4 is 12.2 Å². The van der Waals surface area contributed by atoms with Gasteiger partial charge in [-0.15, -0.1) is 0 Å². The summed E-state index contributed by atoms with van der Waals surface area (Å²) in [5, 5.41) is 9.10. The third-order valence-electron chi connectivity index (χ3n) is 2.09. The van der Waals surface area contributed by atoms with Gasteiger partial charge in [0.1, 0.15) is 0 Å². The van der Waals surface area contributed by atoms with E-state index < -0.39 is 0 Å². The Balaban J connectivity index is 1.94. The molecule has 2 N–H and O–H groups in total. The molecule has 2 aromatic rings. The standard InChI is InChI=1S/C8H11N5OS/c14-7-10-11-8(15)13(7)6-2-5-12-4-1-3-9-12/h1,3-4H,2,5-6H2,(H,10,14)(H,11,15). The highest BCUT2D eigenvalue weighted by molar-refractivity contribution is 7.71. The van der Waals surface area contributed by atoms with Crippen molar-refractivity contribution in [3.8, 4) is 0 Å². The van der Waals surface area contributed by atoms with Gasteiger partial charge in [-0.25, -0.2) is 9.89 Å². The van der Waals surface area contributed by atoms with Crippen LogP contribution in [0.4, 0.5) is 0 Å². The van der Waals surface area contributed by atoms with Gasteiger partial charge in [0, 0.05) is 25.5 Å². The van der Waals surface area contributed by atoms with Crippen molar-refractivity contribution < 1.29 is 0 Å². The Morgan fingerprint density at radius 3 is 2.87 bits per heavy atom. The molecule has 7 heteroatoms. The number of aromatic nitrogens is 5. The first kappa shape index (κ1) is 9.91. The zero-order valence-electron chi connectivity index (χ0n) is 8.01. The molecular weight excluding hydrogens is 214 g/mol. The second kappa shape index (κ2) is 4.26. The summed E-state index contributed by atoms with van der Waals surface area (Å²) >= 11 is 4.94. The molecule has 2 rings (SSSR count). The number of rotatable bonds is 4. The maximum absolute atomic E-state index is 11.2. The number of aryl methyl sites for hydroxylation is 1. The number of hydrogen-bond acceptors (Lipinski definition) is 3. The molecule has 0 aliphatic heterocycles. The molecule has 0 bridgehead atoms. The summed E-state index contributed by atoms with van der Waals surface area (Å²) < 4.78 is 3.75. The Bertz CT molecular complexity index is 492. The summed E-state index contributed by atoms with van der Waals surface area (Å²) in [4.78, 5) is 11.2. The van der Waals surface area contributed by atoms with Gasteiger partial charge < -0.3 is 0 Å². The lowest BCUT2D eigenvalue weighted by atomic mass is 10.4. The number of aromatic amines is 2. The smallest absolute Gasteiger partial charge is 0.273 e. The highest BCUT2D eigenvalue weighted by atomic mass is 32.1. The molecule has 15 heavy (non-hydrogen) atoms. The summed E-state index contributed by atoms with van der Waals surface area (Å²) in [6, 6.07) is 1.87. The van der Waals surface area contributed by atoms with Crippen LogP contribution in [0.15, 0.2) is 23.3 Å². The van der Waals surface area contributed by atoms with Gasteiger partial charge in [-0.2, -0.15) is 5.10 Å². The van der Waals surface area contributed by atoms with Crippen molar-refractivity contribution in [1.82, 2.24) is 24.5 Å². The minimum absolute atomic E-state index is 0.194. The van der Waals surface area contributed by atoms with Crippen molar-refractivity contribution in [2.24, 2.45) is 0 Å². The van der Waals surface area contributed by atoms with Crippen LogP contribution in [0.2, 0.25) is 0 Å². The second-order valence-electron chi connectivity index (χ2n) is 3.13. The van der Waals surface area contributed by atoms with Crippen molar-refractivity contribution in [2.45, 2.75) is 19.5 Å². The first-order chi connectivity index (χ1) is 7.27. The highest BCUT2D eigenvalue weighted by Gasteiger charge is 1.99. The highest BCUT2D eigenvalue weighted by Crippen LogP contribution is 1.92. The van der Waals surface area contributed by atoms with E-state index in [1.54, 1.807) is 6.20 Å². The molecule has 0 aliphatic rings. The first-order valence-electron chi connectivity index (χ1n) is 4.62. The summed E-state index contributed by atoms with van der Waals surface area (Å²) in [5.74, 6) is 0. The molecular formula is C8H11N5OS. The molecule has 2 heterocycles. The lowest BCUT2D eigenvalue weighted by Crippen LogP contribution is -2.18. The number of nitrogens with one attached hydrogen (secondary N) is 2. The molecule has 0 fully saturated rings. The lowest BCUT2D eigenvalue weighted by molar-refractivity contribution is 0.517. The molecule has 0 saturated heterocycles. The molecule has 0 aromatic carbocycles. The van der Waals surface area contributed by atoms with Crippen LogP contribution in [0.5, 0.6) is 0 Å². The molecule has 0 aliphatic carbocycles. The molecule has 6 nitrogen and oxygen atoms in total. The third-order valence-corrected chi connectivity index (χ3v) is 2.42. The summed E-state index contributed by atoms with van der Waals surface area (Å²) in [5.41, 5.74) is -0.194. The van der Waals surface area contributed by atoms with Gasteiger partial charge in [-0.05, 0) is 24.7 Å². The van der Waals surface area contributed by atoms with Crippen molar-refractivity contribution in [3.63, 3.8) is 0 Å². The van der Waals surface area contributed by atoms with Crippen molar-refractivity contribution in [2.75, 3.05) is 0 Å². The van der Waals surface area contributed by atoms with Crippen LogP contribution >= 0.6 is 12.2 Å². The van der Waals surface area contributed by atoms with Crippen LogP contribution in [0.3, 0.4) is 0 Å². The van der Waals surface area contributed by atoms with Crippen LogP contribution in [0, 0.1) is 4.77 Å². The van der Waals surface area contributed by atoms with E-state index in [9.17, 15) is 4.79 Å². The fourth-order valence-electron chi connectivity index (χ4n) is 1.36. The van der Waals surface area contributed by atoms with Gasteiger partial charge in [0.25, 0.3) is 0 Å². The molecule has 0 saturated carbocycles. The predicted molar refractivity (Wildman–Crippen MR) is 57.1 cm³/mol.